The van der Waals surface area contributed by atoms with Gasteiger partial charge in [-0.05, 0) is 84.2 Å². The third kappa shape index (κ3) is 6.71. The first-order valence-corrected chi connectivity index (χ1v) is 18.7. The molecule has 1 N–H and O–H groups in total. The number of hydrogen-bond acceptors (Lipinski definition) is 3. The first kappa shape index (κ1) is 41.1. The molecule has 0 fully saturated rings. The zero-order valence-corrected chi connectivity index (χ0v) is 35.9. The van der Waals surface area contributed by atoms with Gasteiger partial charge in [0.05, 0.1) is 5.56 Å². The molecule has 0 unspecified atom stereocenters. The van der Waals surface area contributed by atoms with Crippen LogP contribution in [0.1, 0.15) is 97.1 Å². The summed E-state index contributed by atoms with van der Waals surface area (Å²) in [6.07, 6.45) is -1.19. The molecule has 0 saturated heterocycles. The SMILES string of the molecule is CC(C)(C)C(=O)/C=C(\O)C(C)(C)C.CC1(C)c2ccccc2-c2cc[c-]c(-c3nccc4c3ccc3c5c(ccc34)-c3cc(C(F)(F)F)ccc3C5(C)C)c21.[Ir]. The number of allylic oxidation sites excluding steroid dienone is 2. The van der Waals surface area contributed by atoms with E-state index in [1.165, 1.54) is 40.5 Å². The first-order valence-electron chi connectivity index (χ1n) is 18.7. The van der Waals surface area contributed by atoms with Crippen molar-refractivity contribution in [2.45, 2.75) is 86.2 Å². The maximum Gasteiger partial charge on any atom is 0.416 e. The summed E-state index contributed by atoms with van der Waals surface area (Å²) in [5.74, 6) is 0.104. The second-order valence-corrected chi connectivity index (χ2v) is 18.0. The van der Waals surface area contributed by atoms with Gasteiger partial charge in [0.1, 0.15) is 5.76 Å². The number of carbonyl (C=O) groups excluding carboxylic acids is 1. The van der Waals surface area contributed by atoms with Gasteiger partial charge < -0.3 is 10.1 Å². The molecule has 0 bridgehead atoms. The van der Waals surface area contributed by atoms with Gasteiger partial charge >= 0.3 is 6.18 Å². The zero-order valence-electron chi connectivity index (χ0n) is 33.5. The quantitative estimate of drug-likeness (QED) is 0.0815. The second-order valence-electron chi connectivity index (χ2n) is 18.0. The average molecular weight is 931 g/mol. The van der Waals surface area contributed by atoms with Crippen LogP contribution in [0.25, 0.3) is 55.1 Å². The van der Waals surface area contributed by atoms with Gasteiger partial charge in [0.2, 0.25) is 0 Å². The fourth-order valence-corrected chi connectivity index (χ4v) is 8.30. The Morgan fingerprint density at radius 2 is 1.27 bits per heavy atom. The van der Waals surface area contributed by atoms with E-state index >= 15 is 0 Å². The van der Waals surface area contributed by atoms with Gasteiger partial charge in [-0.3, -0.25) is 4.79 Å². The fourth-order valence-electron chi connectivity index (χ4n) is 8.30. The number of nitrogens with zero attached hydrogens (tertiary/aromatic N) is 1. The minimum Gasteiger partial charge on any atom is -0.512 e. The molecule has 1 heterocycles. The Bertz CT molecular complexity index is 2580. The fraction of sp³-hybridized carbons (Fsp3) is 0.306. The van der Waals surface area contributed by atoms with Gasteiger partial charge in [0, 0.05) is 48.6 Å². The standard InChI is InChI=1S/C38H27F3N.C11H20O2.Ir/c1-36(2)31-11-6-5-8-24(31)25-9-7-10-29(34(25)36)35-28-16-15-26-22(23(28)18-19-42-35)13-14-27-30-20-21(38(39,40)41)12-17-32(30)37(3,4)33(26)27;1-10(2,3)8(12)7-9(13)11(4,5)6;/h5-9,11-20H,1-4H3;7,12H,1-6H3;/q-1;;/b;8-7-;. The Kier molecular flexibility index (Phi) is 10.1. The number of fused-ring (bicyclic) bond motifs is 10. The van der Waals surface area contributed by atoms with Crippen molar-refractivity contribution in [2.24, 2.45) is 10.8 Å². The van der Waals surface area contributed by atoms with E-state index in [2.05, 4.69) is 82.3 Å². The minimum atomic E-state index is -4.39. The number of ketones is 1. The molecule has 56 heavy (non-hydrogen) atoms. The van der Waals surface area contributed by atoms with Crippen molar-refractivity contribution in [3.05, 3.63) is 137 Å². The summed E-state index contributed by atoms with van der Waals surface area (Å²) in [5.41, 5.74) is 8.41. The van der Waals surface area contributed by atoms with Crippen molar-refractivity contribution < 1.29 is 43.2 Å². The van der Waals surface area contributed by atoms with Gasteiger partial charge in [-0.2, -0.15) is 13.2 Å². The van der Waals surface area contributed by atoms with Gasteiger partial charge in [0.25, 0.3) is 0 Å². The molecule has 8 rings (SSSR count). The normalized spacial score (nSPS) is 15.3. The molecule has 1 aromatic heterocycles. The number of pyridine rings is 1. The van der Waals surface area contributed by atoms with Gasteiger partial charge in [-0.1, -0.05) is 129 Å². The zero-order chi connectivity index (χ0) is 40.0. The molecule has 5 aromatic carbocycles. The van der Waals surface area contributed by atoms with Crippen molar-refractivity contribution >= 4 is 27.3 Å². The number of aromatic nitrogens is 1. The smallest absolute Gasteiger partial charge is 0.416 e. The summed E-state index contributed by atoms with van der Waals surface area (Å²) >= 11 is 0. The van der Waals surface area contributed by atoms with Crippen LogP contribution in [0, 0.1) is 16.9 Å². The number of aliphatic hydroxyl groups is 1. The maximum atomic E-state index is 13.6. The molecule has 0 spiro atoms. The number of halogens is 3. The van der Waals surface area contributed by atoms with E-state index in [1.54, 1.807) is 6.07 Å². The van der Waals surface area contributed by atoms with Crippen molar-refractivity contribution in [3.63, 3.8) is 0 Å². The third-order valence-electron chi connectivity index (χ3n) is 11.4. The molecule has 6 aromatic rings. The predicted molar refractivity (Wildman–Crippen MR) is 218 cm³/mol. The predicted octanol–water partition coefficient (Wildman–Crippen LogP) is 13.6. The molecule has 3 nitrogen and oxygen atoms in total. The summed E-state index contributed by atoms with van der Waals surface area (Å²) < 4.78 is 40.9. The summed E-state index contributed by atoms with van der Waals surface area (Å²) in [5, 5.41) is 13.8. The first-order chi connectivity index (χ1) is 25.5. The molecule has 2 aliphatic rings. The summed E-state index contributed by atoms with van der Waals surface area (Å²) in [6, 6.07) is 30.8. The Balaban J connectivity index is 0.000000329. The van der Waals surface area contributed by atoms with Gasteiger partial charge in [-0.25, -0.2) is 0 Å². The van der Waals surface area contributed by atoms with Crippen LogP contribution < -0.4 is 0 Å². The van der Waals surface area contributed by atoms with Crippen molar-refractivity contribution in [1.29, 1.82) is 0 Å². The van der Waals surface area contributed by atoms with E-state index in [-0.39, 0.29) is 42.5 Å². The van der Waals surface area contributed by atoms with Gasteiger partial charge in [0.15, 0.2) is 5.78 Å². The molecule has 0 saturated carbocycles. The summed E-state index contributed by atoms with van der Waals surface area (Å²) in [6.45, 7) is 19.9. The Hall–Kier alpha value is -4.58. The number of carbonyl (C=O) groups is 1. The number of alkyl halides is 3. The molecule has 7 heteroatoms. The van der Waals surface area contributed by atoms with Crippen LogP contribution in [0.15, 0.2) is 103 Å². The Labute approximate surface area is 341 Å². The van der Waals surface area contributed by atoms with E-state index < -0.39 is 22.6 Å². The van der Waals surface area contributed by atoms with E-state index in [4.69, 9.17) is 4.98 Å². The summed E-state index contributed by atoms with van der Waals surface area (Å²) in [7, 11) is 0. The van der Waals surface area contributed by atoms with Gasteiger partial charge in [-0.15, -0.1) is 29.3 Å². The third-order valence-corrected chi connectivity index (χ3v) is 11.4. The van der Waals surface area contributed by atoms with Crippen molar-refractivity contribution in [1.82, 2.24) is 4.98 Å². The number of hydrogen-bond donors (Lipinski definition) is 1. The van der Waals surface area contributed by atoms with E-state index in [1.807, 2.05) is 65.9 Å². The molecule has 0 amide bonds. The molecular weight excluding hydrogens is 884 g/mol. The Morgan fingerprint density at radius 1 is 0.679 bits per heavy atom. The monoisotopic (exact) mass is 931 g/mol. The largest absolute Gasteiger partial charge is 0.512 e. The molecule has 2 aliphatic carbocycles. The van der Waals surface area contributed by atoms with Crippen LogP contribution in [0.2, 0.25) is 0 Å². The second kappa shape index (κ2) is 13.8. The van der Waals surface area contributed by atoms with E-state index in [0.717, 1.165) is 49.5 Å². The molecular formula is C49H47F3IrNO2-. The number of benzene rings is 5. The number of aliphatic hydroxyl groups excluding tert-OH is 1. The van der Waals surface area contributed by atoms with Crippen LogP contribution in [0.3, 0.4) is 0 Å². The van der Waals surface area contributed by atoms with Crippen LogP contribution in [-0.2, 0) is 41.9 Å². The van der Waals surface area contributed by atoms with Crippen molar-refractivity contribution in [3.8, 4) is 33.5 Å². The van der Waals surface area contributed by atoms with Crippen molar-refractivity contribution in [2.75, 3.05) is 0 Å². The molecule has 291 valence electrons. The van der Waals surface area contributed by atoms with Crippen LogP contribution >= 0.6 is 0 Å². The number of rotatable bonds is 2. The Morgan fingerprint density at radius 3 is 1.93 bits per heavy atom. The molecule has 0 atom stereocenters. The van der Waals surface area contributed by atoms with Crippen LogP contribution in [0.5, 0.6) is 0 Å². The average Bonchev–Trinajstić information content (AvgIpc) is 3.50. The molecule has 0 aliphatic heterocycles. The minimum absolute atomic E-state index is 0. The van der Waals surface area contributed by atoms with Crippen LogP contribution in [0.4, 0.5) is 13.2 Å². The van der Waals surface area contributed by atoms with E-state index in [9.17, 15) is 23.1 Å². The topological polar surface area (TPSA) is 50.2 Å². The summed E-state index contributed by atoms with van der Waals surface area (Å²) in [4.78, 5) is 16.4. The molecule has 1 radical (unpaired) electrons. The van der Waals surface area contributed by atoms with Crippen LogP contribution in [-0.4, -0.2) is 15.9 Å². The van der Waals surface area contributed by atoms with E-state index in [0.29, 0.717) is 5.56 Å². The maximum absolute atomic E-state index is 13.6.